The average Bonchev–Trinajstić information content (AvgIpc) is 2.65. The van der Waals surface area contributed by atoms with Crippen molar-refractivity contribution in [2.24, 2.45) is 0 Å². The van der Waals surface area contributed by atoms with Gasteiger partial charge in [0, 0.05) is 25.5 Å². The van der Waals surface area contributed by atoms with E-state index < -0.39 is 6.10 Å². The summed E-state index contributed by atoms with van der Waals surface area (Å²) in [6, 6.07) is 11.5. The minimum Gasteiger partial charge on any atom is -0.388 e. The molecule has 4 nitrogen and oxygen atoms in total. The zero-order chi connectivity index (χ0) is 16.9. The van der Waals surface area contributed by atoms with Gasteiger partial charge in [0.25, 0.3) is 5.91 Å². The highest BCUT2D eigenvalue weighted by molar-refractivity contribution is 5.94. The van der Waals surface area contributed by atoms with Crippen LogP contribution < -0.4 is 0 Å². The lowest BCUT2D eigenvalue weighted by Gasteiger charge is -2.21. The van der Waals surface area contributed by atoms with Gasteiger partial charge in [-0.2, -0.15) is 0 Å². The molecule has 1 aliphatic carbocycles. The second kappa shape index (κ2) is 7.58. The highest BCUT2D eigenvalue weighted by atomic mass is 16.3. The maximum absolute atomic E-state index is 12.6. The van der Waals surface area contributed by atoms with E-state index in [9.17, 15) is 9.90 Å². The number of carbonyl (C=O) groups is 1. The van der Waals surface area contributed by atoms with Gasteiger partial charge in [0.05, 0.1) is 11.7 Å². The first kappa shape index (κ1) is 16.7. The molecule has 3 rings (SSSR count). The number of pyridine rings is 1. The topological polar surface area (TPSA) is 53.4 Å². The van der Waals surface area contributed by atoms with Crippen molar-refractivity contribution in [3.8, 4) is 0 Å². The van der Waals surface area contributed by atoms with E-state index in [1.807, 2.05) is 36.4 Å². The zero-order valence-corrected chi connectivity index (χ0v) is 14.1. The third-order valence-electron chi connectivity index (χ3n) is 4.69. The van der Waals surface area contributed by atoms with Crippen LogP contribution in [0.15, 0.2) is 42.6 Å². The smallest absolute Gasteiger partial charge is 0.255 e. The van der Waals surface area contributed by atoms with Crippen molar-refractivity contribution in [1.29, 1.82) is 0 Å². The predicted molar refractivity (Wildman–Crippen MR) is 93.9 cm³/mol. The molecule has 1 aliphatic rings. The Bertz CT molecular complexity index is 700. The Labute approximate surface area is 143 Å². The van der Waals surface area contributed by atoms with E-state index in [0.717, 1.165) is 24.1 Å². The monoisotopic (exact) mass is 324 g/mol. The van der Waals surface area contributed by atoms with Crippen LogP contribution in [0.1, 0.15) is 52.5 Å². The van der Waals surface area contributed by atoms with E-state index in [0.29, 0.717) is 18.5 Å². The van der Waals surface area contributed by atoms with Crippen molar-refractivity contribution >= 4 is 5.91 Å². The molecular weight excluding hydrogens is 300 g/mol. The van der Waals surface area contributed by atoms with E-state index in [-0.39, 0.29) is 5.91 Å². The van der Waals surface area contributed by atoms with E-state index in [2.05, 4.69) is 4.98 Å². The van der Waals surface area contributed by atoms with Crippen LogP contribution in [-0.2, 0) is 12.8 Å². The minimum atomic E-state index is -0.553. The molecule has 0 bridgehead atoms. The van der Waals surface area contributed by atoms with Gasteiger partial charge in [0.2, 0.25) is 0 Å². The molecular formula is C20H24N2O2. The largest absolute Gasteiger partial charge is 0.388 e. The number of aliphatic hydroxyl groups is 1. The second-order valence-corrected chi connectivity index (χ2v) is 6.48. The van der Waals surface area contributed by atoms with Gasteiger partial charge in [0.1, 0.15) is 0 Å². The molecule has 0 fully saturated rings. The number of hydrogen-bond donors (Lipinski definition) is 1. The fourth-order valence-electron chi connectivity index (χ4n) is 3.18. The van der Waals surface area contributed by atoms with Crippen LogP contribution in [0, 0.1) is 0 Å². The van der Waals surface area contributed by atoms with Crippen molar-refractivity contribution in [2.75, 3.05) is 13.6 Å². The van der Waals surface area contributed by atoms with Crippen LogP contribution in [0.4, 0.5) is 0 Å². The van der Waals surface area contributed by atoms with Gasteiger partial charge in [-0.3, -0.25) is 9.78 Å². The summed E-state index contributed by atoms with van der Waals surface area (Å²) in [5.41, 5.74) is 3.88. The number of benzene rings is 1. The lowest BCUT2D eigenvalue weighted by atomic mass is 9.95. The number of nitrogens with zero attached hydrogens (tertiary/aromatic N) is 2. The molecule has 24 heavy (non-hydrogen) atoms. The molecule has 1 heterocycles. The highest BCUT2D eigenvalue weighted by Gasteiger charge is 2.17. The Balaban J connectivity index is 1.60. The Morgan fingerprint density at radius 3 is 2.79 bits per heavy atom. The van der Waals surface area contributed by atoms with E-state index in [1.165, 1.54) is 18.4 Å². The summed E-state index contributed by atoms with van der Waals surface area (Å²) >= 11 is 0. The van der Waals surface area contributed by atoms with Crippen LogP contribution in [0.3, 0.4) is 0 Å². The number of rotatable bonds is 5. The summed E-state index contributed by atoms with van der Waals surface area (Å²) in [7, 11) is 1.78. The molecule has 2 aromatic rings. The van der Waals surface area contributed by atoms with Gasteiger partial charge in [-0.05, 0) is 49.3 Å². The molecule has 1 aromatic carbocycles. The van der Waals surface area contributed by atoms with Crippen LogP contribution >= 0.6 is 0 Å². The summed E-state index contributed by atoms with van der Waals surface area (Å²) in [6.07, 6.45) is 6.04. The van der Waals surface area contributed by atoms with Crippen LogP contribution in [0.2, 0.25) is 0 Å². The van der Waals surface area contributed by atoms with Gasteiger partial charge in [0.15, 0.2) is 0 Å². The third kappa shape index (κ3) is 3.82. The number of aryl methyl sites for hydroxylation is 2. The van der Waals surface area contributed by atoms with Crippen LogP contribution in [0.5, 0.6) is 0 Å². The van der Waals surface area contributed by atoms with Gasteiger partial charge in [-0.1, -0.05) is 30.3 Å². The normalized spacial score (nSPS) is 14.8. The summed E-state index contributed by atoms with van der Waals surface area (Å²) in [6.45, 7) is 0.506. The number of fused-ring (bicyclic) bond motifs is 1. The zero-order valence-electron chi connectivity index (χ0n) is 14.1. The maximum Gasteiger partial charge on any atom is 0.255 e. The Morgan fingerprint density at radius 1 is 1.25 bits per heavy atom. The van der Waals surface area contributed by atoms with Crippen molar-refractivity contribution in [3.05, 3.63) is 65.0 Å². The maximum atomic E-state index is 12.6. The molecule has 126 valence electrons. The van der Waals surface area contributed by atoms with Gasteiger partial charge < -0.3 is 10.0 Å². The fourth-order valence-corrected chi connectivity index (χ4v) is 3.18. The summed E-state index contributed by atoms with van der Waals surface area (Å²) < 4.78 is 0. The summed E-state index contributed by atoms with van der Waals surface area (Å²) in [5.74, 6) is -0.0314. The first-order valence-corrected chi connectivity index (χ1v) is 8.61. The standard InChI is InChI=1S/C20H24N2O2/c1-22(12-11-19(23)15-7-3-2-4-8-15)20(24)17-13-16-9-5-6-10-18(16)21-14-17/h2-4,7-8,13-14,19,23H,5-6,9-12H2,1H3/t19-/m0/s1. The van der Waals surface area contributed by atoms with Crippen LogP contribution in [-0.4, -0.2) is 34.5 Å². The molecule has 1 amide bonds. The molecule has 0 unspecified atom stereocenters. The van der Waals surface area contributed by atoms with Crippen molar-refractivity contribution in [3.63, 3.8) is 0 Å². The number of aliphatic hydroxyl groups excluding tert-OH is 1. The minimum absolute atomic E-state index is 0.0314. The van der Waals surface area contributed by atoms with E-state index in [4.69, 9.17) is 0 Å². The van der Waals surface area contributed by atoms with Gasteiger partial charge in [-0.25, -0.2) is 0 Å². The third-order valence-corrected chi connectivity index (χ3v) is 4.69. The number of aromatic nitrogens is 1. The molecule has 4 heteroatoms. The number of hydrogen-bond acceptors (Lipinski definition) is 3. The van der Waals surface area contributed by atoms with Crippen molar-refractivity contribution in [2.45, 2.75) is 38.2 Å². The molecule has 1 atom stereocenters. The predicted octanol–water partition coefficient (Wildman–Crippen LogP) is 3.16. The quantitative estimate of drug-likeness (QED) is 0.919. The molecule has 0 saturated carbocycles. The van der Waals surface area contributed by atoms with Gasteiger partial charge >= 0.3 is 0 Å². The lowest BCUT2D eigenvalue weighted by Crippen LogP contribution is -2.29. The van der Waals surface area contributed by atoms with Crippen molar-refractivity contribution in [1.82, 2.24) is 9.88 Å². The Hall–Kier alpha value is -2.20. The van der Waals surface area contributed by atoms with Crippen LogP contribution in [0.25, 0.3) is 0 Å². The molecule has 1 aromatic heterocycles. The molecule has 0 radical (unpaired) electrons. The highest BCUT2D eigenvalue weighted by Crippen LogP contribution is 2.21. The fraction of sp³-hybridized carbons (Fsp3) is 0.400. The Morgan fingerprint density at radius 2 is 2.00 bits per heavy atom. The summed E-state index contributed by atoms with van der Waals surface area (Å²) in [4.78, 5) is 18.7. The Kier molecular flexibility index (Phi) is 5.26. The molecule has 0 spiro atoms. The summed E-state index contributed by atoms with van der Waals surface area (Å²) in [5, 5.41) is 10.2. The van der Waals surface area contributed by atoms with Crippen molar-refractivity contribution < 1.29 is 9.90 Å². The second-order valence-electron chi connectivity index (χ2n) is 6.48. The molecule has 0 saturated heterocycles. The van der Waals surface area contributed by atoms with Gasteiger partial charge in [-0.15, -0.1) is 0 Å². The SMILES string of the molecule is CN(CC[C@H](O)c1ccccc1)C(=O)c1cnc2c(c1)CCCC2. The van der Waals surface area contributed by atoms with E-state index in [1.54, 1.807) is 18.1 Å². The first-order chi connectivity index (χ1) is 11.6. The number of carbonyl (C=O) groups excluding carboxylic acids is 1. The van der Waals surface area contributed by atoms with E-state index >= 15 is 0 Å². The first-order valence-electron chi connectivity index (χ1n) is 8.61. The number of amides is 1. The average molecular weight is 324 g/mol. The molecule has 1 N–H and O–H groups in total. The lowest BCUT2D eigenvalue weighted by molar-refractivity contribution is 0.0760. The molecule has 0 aliphatic heterocycles.